The lowest BCUT2D eigenvalue weighted by atomic mass is 10.1. The predicted molar refractivity (Wildman–Crippen MR) is 92.7 cm³/mol. The van der Waals surface area contributed by atoms with Gasteiger partial charge in [-0.25, -0.2) is 4.79 Å². The zero-order valence-electron chi connectivity index (χ0n) is 10.5. The van der Waals surface area contributed by atoms with Gasteiger partial charge in [0.05, 0.1) is 7.14 Å². The number of aliphatic carboxylic acids is 1. The molecule has 3 N–H and O–H groups in total. The van der Waals surface area contributed by atoms with Crippen LogP contribution in [-0.4, -0.2) is 21.3 Å². The molecule has 0 aliphatic rings. The highest BCUT2D eigenvalue weighted by Gasteiger charge is 2.19. The van der Waals surface area contributed by atoms with Crippen LogP contribution in [0.4, 0.5) is 0 Å². The first-order valence-corrected chi connectivity index (χ1v) is 7.91. The molecular weight excluding hydrogens is 502 g/mol. The van der Waals surface area contributed by atoms with E-state index in [9.17, 15) is 15.0 Å². The average molecular weight is 512 g/mol. The number of phenols is 1. The van der Waals surface area contributed by atoms with Crippen LogP contribution in [0.25, 0.3) is 0 Å². The van der Waals surface area contributed by atoms with E-state index in [0.29, 0.717) is 24.2 Å². The van der Waals surface area contributed by atoms with Crippen LogP contribution in [-0.2, 0) is 4.79 Å². The van der Waals surface area contributed by atoms with E-state index < -0.39 is 12.1 Å². The second kappa shape index (κ2) is 6.79. The van der Waals surface area contributed by atoms with Crippen LogP contribution in [0.1, 0.15) is 11.7 Å². The summed E-state index contributed by atoms with van der Waals surface area (Å²) in [6, 6.07) is 9.41. The van der Waals surface area contributed by atoms with Crippen LogP contribution in [0.3, 0.4) is 0 Å². The number of hydrogen-bond donors (Lipinski definition) is 3. The van der Waals surface area contributed by atoms with E-state index >= 15 is 0 Å². The largest absolute Gasteiger partial charge is 0.508 e. The fraction of sp³-hybridized carbons (Fsp3) is 0.0714. The van der Waals surface area contributed by atoms with Gasteiger partial charge in [-0.05, 0) is 87.1 Å². The molecular formula is C14H10I2O5. The molecule has 0 bridgehead atoms. The molecule has 0 heterocycles. The maximum absolute atomic E-state index is 10.8. The van der Waals surface area contributed by atoms with E-state index in [2.05, 4.69) is 0 Å². The summed E-state index contributed by atoms with van der Waals surface area (Å²) in [4.78, 5) is 10.8. The van der Waals surface area contributed by atoms with Crippen LogP contribution in [0.15, 0.2) is 36.4 Å². The number of hydrogen-bond acceptors (Lipinski definition) is 4. The predicted octanol–water partition coefficient (Wildman–Crippen LogP) is 3.51. The quantitative estimate of drug-likeness (QED) is 0.547. The van der Waals surface area contributed by atoms with E-state index in [1.165, 1.54) is 12.1 Å². The Morgan fingerprint density at radius 2 is 1.62 bits per heavy atom. The second-order valence-corrected chi connectivity index (χ2v) is 6.47. The van der Waals surface area contributed by atoms with Gasteiger partial charge in [-0.2, -0.15) is 0 Å². The Bertz CT molecular complexity index is 647. The molecule has 0 amide bonds. The van der Waals surface area contributed by atoms with Crippen LogP contribution < -0.4 is 4.74 Å². The van der Waals surface area contributed by atoms with Crippen LogP contribution >= 0.6 is 45.2 Å². The fourth-order valence-corrected chi connectivity index (χ4v) is 3.65. The van der Waals surface area contributed by atoms with Crippen molar-refractivity contribution in [1.29, 1.82) is 0 Å². The molecule has 5 nitrogen and oxygen atoms in total. The molecule has 2 rings (SSSR count). The van der Waals surface area contributed by atoms with Crippen molar-refractivity contribution in [3.63, 3.8) is 0 Å². The first-order valence-electron chi connectivity index (χ1n) is 5.75. The van der Waals surface area contributed by atoms with Gasteiger partial charge in [0.25, 0.3) is 0 Å². The summed E-state index contributed by atoms with van der Waals surface area (Å²) in [6.45, 7) is 0. The number of halogens is 2. The van der Waals surface area contributed by atoms with Gasteiger partial charge in [-0.3, -0.25) is 0 Å². The number of ether oxygens (including phenoxy) is 1. The zero-order chi connectivity index (χ0) is 15.6. The van der Waals surface area contributed by atoms with Gasteiger partial charge < -0.3 is 20.1 Å². The smallest absolute Gasteiger partial charge is 0.337 e. The molecule has 0 saturated heterocycles. The third-order valence-electron chi connectivity index (χ3n) is 2.63. The Morgan fingerprint density at radius 1 is 1.10 bits per heavy atom. The normalized spacial score (nSPS) is 12.0. The van der Waals surface area contributed by atoms with E-state index in [1.807, 2.05) is 45.2 Å². The minimum atomic E-state index is -1.56. The minimum absolute atomic E-state index is 0.145. The van der Waals surface area contributed by atoms with Crippen molar-refractivity contribution in [3.8, 4) is 17.2 Å². The van der Waals surface area contributed by atoms with Crippen molar-refractivity contribution in [3.05, 3.63) is 49.1 Å². The van der Waals surface area contributed by atoms with Crippen molar-refractivity contribution in [2.24, 2.45) is 0 Å². The number of aliphatic hydroxyl groups excluding tert-OH is 1. The summed E-state index contributed by atoms with van der Waals surface area (Å²) in [5, 5.41) is 27.7. The van der Waals surface area contributed by atoms with Gasteiger partial charge in [0.15, 0.2) is 11.9 Å². The van der Waals surface area contributed by atoms with Gasteiger partial charge in [0, 0.05) is 0 Å². The number of benzene rings is 2. The van der Waals surface area contributed by atoms with Crippen molar-refractivity contribution in [1.82, 2.24) is 0 Å². The molecule has 21 heavy (non-hydrogen) atoms. The summed E-state index contributed by atoms with van der Waals surface area (Å²) >= 11 is 4.04. The number of rotatable bonds is 4. The first-order chi connectivity index (χ1) is 9.88. The Balaban J connectivity index is 2.33. The highest BCUT2D eigenvalue weighted by atomic mass is 127. The molecule has 0 aliphatic carbocycles. The molecule has 2 aromatic carbocycles. The molecule has 2 aromatic rings. The van der Waals surface area contributed by atoms with E-state index in [1.54, 1.807) is 24.3 Å². The molecule has 0 spiro atoms. The van der Waals surface area contributed by atoms with Gasteiger partial charge in [0.1, 0.15) is 11.5 Å². The number of aromatic hydroxyl groups is 1. The Morgan fingerprint density at radius 3 is 2.10 bits per heavy atom. The highest BCUT2D eigenvalue weighted by Crippen LogP contribution is 2.34. The molecule has 0 saturated carbocycles. The minimum Gasteiger partial charge on any atom is -0.508 e. The van der Waals surface area contributed by atoms with Crippen LogP contribution in [0.2, 0.25) is 0 Å². The Labute approximate surface area is 147 Å². The van der Waals surface area contributed by atoms with Gasteiger partial charge in [0.2, 0.25) is 0 Å². The Hall–Kier alpha value is -1.07. The maximum Gasteiger partial charge on any atom is 0.337 e. The lowest BCUT2D eigenvalue weighted by Crippen LogP contribution is -2.11. The lowest BCUT2D eigenvalue weighted by molar-refractivity contribution is -0.146. The van der Waals surface area contributed by atoms with Gasteiger partial charge in [-0.15, -0.1) is 0 Å². The SMILES string of the molecule is O=C(O)C(O)c1cc(I)c(Oc2ccc(O)cc2)c(I)c1. The summed E-state index contributed by atoms with van der Waals surface area (Å²) < 4.78 is 7.10. The molecule has 0 aliphatic heterocycles. The Kier molecular flexibility index (Phi) is 5.27. The molecule has 0 aromatic heterocycles. The lowest BCUT2D eigenvalue weighted by Gasteiger charge is -2.13. The topological polar surface area (TPSA) is 87.0 Å². The monoisotopic (exact) mass is 512 g/mol. The second-order valence-electron chi connectivity index (χ2n) is 4.15. The number of carbonyl (C=O) groups is 1. The van der Waals surface area contributed by atoms with Crippen LogP contribution in [0, 0.1) is 7.14 Å². The van der Waals surface area contributed by atoms with Crippen LogP contribution in [0.5, 0.6) is 17.2 Å². The number of carboxylic acid groups (broad SMARTS) is 1. The molecule has 7 heteroatoms. The van der Waals surface area contributed by atoms with Crippen molar-refractivity contribution < 1.29 is 24.9 Å². The van der Waals surface area contributed by atoms with Crippen molar-refractivity contribution in [2.45, 2.75) is 6.10 Å². The van der Waals surface area contributed by atoms with E-state index in [4.69, 9.17) is 9.84 Å². The maximum atomic E-state index is 10.8. The van der Waals surface area contributed by atoms with Crippen molar-refractivity contribution >= 4 is 51.2 Å². The summed E-state index contributed by atoms with van der Waals surface area (Å²) in [5.74, 6) is -0.0288. The third kappa shape index (κ3) is 3.98. The van der Waals surface area contributed by atoms with E-state index in [0.717, 1.165) is 0 Å². The number of phenolic OH excluding ortho intramolecular Hbond substituents is 1. The molecule has 110 valence electrons. The summed E-state index contributed by atoms with van der Waals surface area (Å²) in [5.41, 5.74) is 0.300. The first kappa shape index (κ1) is 16.3. The van der Waals surface area contributed by atoms with Gasteiger partial charge >= 0.3 is 5.97 Å². The summed E-state index contributed by atoms with van der Waals surface area (Å²) in [6.07, 6.45) is -1.56. The van der Waals surface area contributed by atoms with Crippen molar-refractivity contribution in [2.75, 3.05) is 0 Å². The summed E-state index contributed by atoms with van der Waals surface area (Å²) in [7, 11) is 0. The molecule has 0 radical (unpaired) electrons. The highest BCUT2D eigenvalue weighted by molar-refractivity contribution is 14.1. The zero-order valence-corrected chi connectivity index (χ0v) is 14.8. The van der Waals surface area contributed by atoms with E-state index in [-0.39, 0.29) is 5.75 Å². The average Bonchev–Trinajstić information content (AvgIpc) is 2.43. The molecule has 1 unspecified atom stereocenters. The molecule has 1 atom stereocenters. The standard InChI is InChI=1S/C14H10I2O5/c15-10-5-7(12(18)14(19)20)6-11(16)13(10)21-9-3-1-8(17)2-4-9/h1-6,12,17-18H,(H,19,20). The number of carboxylic acids is 1. The molecule has 0 fully saturated rings. The number of aliphatic hydroxyl groups is 1. The third-order valence-corrected chi connectivity index (χ3v) is 4.23. The fourth-order valence-electron chi connectivity index (χ4n) is 1.61. The van der Waals surface area contributed by atoms with Gasteiger partial charge in [-0.1, -0.05) is 0 Å².